The third-order valence-corrected chi connectivity index (χ3v) is 2.77. The van der Waals surface area contributed by atoms with Crippen LogP contribution >= 0.6 is 0 Å². The van der Waals surface area contributed by atoms with E-state index in [0.29, 0.717) is 0 Å². The normalized spacial score (nSPS) is 23.2. The summed E-state index contributed by atoms with van der Waals surface area (Å²) in [5.74, 6) is 0. The second-order valence-corrected chi connectivity index (χ2v) is 3.59. The fourth-order valence-electron chi connectivity index (χ4n) is 1.98. The summed E-state index contributed by atoms with van der Waals surface area (Å²) in [6, 6.07) is 8.31. The van der Waals surface area contributed by atoms with Crippen molar-refractivity contribution in [1.29, 1.82) is 0 Å². The van der Waals surface area contributed by atoms with E-state index in [-0.39, 0.29) is 23.3 Å². The molecule has 15 heavy (non-hydrogen) atoms. The monoisotopic (exact) mass is 269 g/mol. The van der Waals surface area contributed by atoms with E-state index < -0.39 is 0 Å². The Kier molecular flexibility index (Phi) is 3.90. The zero-order valence-corrected chi connectivity index (χ0v) is 10.4. The van der Waals surface area contributed by atoms with Gasteiger partial charge in [-0.1, -0.05) is 18.7 Å². The predicted octanol–water partition coefficient (Wildman–Crippen LogP) is -2.91. The first-order chi connectivity index (χ1) is 6.75. The lowest BCUT2D eigenvalue weighted by Gasteiger charge is -2.20. The molecule has 0 radical (unpaired) electrons. The Morgan fingerprint density at radius 2 is 2.20 bits per heavy atom. The summed E-state index contributed by atoms with van der Waals surface area (Å²) in [6.07, 6.45) is 1.91. The Morgan fingerprint density at radius 3 is 2.87 bits per heavy atom. The highest BCUT2D eigenvalue weighted by Crippen LogP contribution is 2.25. The first-order valence-electron chi connectivity index (χ1n) is 4.80. The smallest absolute Gasteiger partial charge is 0.223 e. The van der Waals surface area contributed by atoms with Gasteiger partial charge in [-0.2, -0.15) is 0 Å². The van der Waals surface area contributed by atoms with E-state index in [2.05, 4.69) is 23.6 Å². The number of hydrogen-bond acceptors (Lipinski definition) is 2. The minimum absolute atomic E-state index is 0. The summed E-state index contributed by atoms with van der Waals surface area (Å²) < 4.78 is 0. The van der Waals surface area contributed by atoms with Crippen LogP contribution < -0.4 is 32.5 Å². The molecule has 1 aromatic carbocycles. The minimum atomic E-state index is 0. The van der Waals surface area contributed by atoms with Crippen LogP contribution in [0, 0.1) is 0 Å². The lowest BCUT2D eigenvalue weighted by atomic mass is 10.2. The molecule has 0 fully saturated rings. The number of halogens is 1. The van der Waals surface area contributed by atoms with Crippen LogP contribution in [0.4, 0.5) is 11.4 Å². The highest BCUT2D eigenvalue weighted by atomic mass is 79.9. The maximum absolute atomic E-state index is 6.10. The van der Waals surface area contributed by atoms with Gasteiger partial charge in [-0.15, -0.1) is 0 Å². The van der Waals surface area contributed by atoms with E-state index >= 15 is 0 Å². The molecule has 0 amide bonds. The predicted molar refractivity (Wildman–Crippen MR) is 58.5 cm³/mol. The van der Waals surface area contributed by atoms with Crippen LogP contribution in [0.15, 0.2) is 36.9 Å². The van der Waals surface area contributed by atoms with E-state index in [4.69, 9.17) is 5.73 Å². The standard InChI is InChI=1S/C11H15N3.BrH/c1-3-8-14-10-7-5-4-6-9(10)13(2)11(14)12;/h3-7,11H,1,8,12H2,2H3;1H. The highest BCUT2D eigenvalue weighted by Gasteiger charge is 2.34. The average Bonchev–Trinajstić information content (AvgIpc) is 2.45. The minimum Gasteiger partial charge on any atom is -1.00 e. The van der Waals surface area contributed by atoms with Gasteiger partial charge in [0, 0.05) is 13.1 Å². The Hall–Kier alpha value is -0.840. The van der Waals surface area contributed by atoms with Gasteiger partial charge in [-0.05, 0) is 12.1 Å². The molecule has 1 heterocycles. The van der Waals surface area contributed by atoms with Crippen LogP contribution in [-0.2, 0) is 0 Å². The maximum Gasteiger partial charge on any atom is 0.223 e. The van der Waals surface area contributed by atoms with Crippen molar-refractivity contribution in [2.45, 2.75) is 6.29 Å². The van der Waals surface area contributed by atoms with Crippen LogP contribution in [0.3, 0.4) is 0 Å². The number of quaternary nitrogens is 1. The quantitative estimate of drug-likeness (QED) is 0.565. The Balaban J connectivity index is 0.00000112. The average molecular weight is 270 g/mol. The number of benzene rings is 1. The van der Waals surface area contributed by atoms with Gasteiger partial charge < -0.3 is 21.9 Å². The fraction of sp³-hybridized carbons (Fsp3) is 0.273. The third-order valence-electron chi connectivity index (χ3n) is 2.77. The SMILES string of the molecule is C=CC[NH+]1c2ccccc2N(C)C1N.[Br-]. The number of para-hydroxylation sites is 2. The maximum atomic E-state index is 6.10. The number of rotatable bonds is 2. The van der Waals surface area contributed by atoms with Gasteiger partial charge in [0.1, 0.15) is 12.2 Å². The molecule has 0 spiro atoms. The van der Waals surface area contributed by atoms with Crippen LogP contribution in [0.2, 0.25) is 0 Å². The zero-order valence-electron chi connectivity index (χ0n) is 8.78. The first kappa shape index (κ1) is 12.2. The third kappa shape index (κ3) is 1.93. The van der Waals surface area contributed by atoms with Crippen LogP contribution in [-0.4, -0.2) is 19.9 Å². The van der Waals surface area contributed by atoms with Crippen molar-refractivity contribution in [1.82, 2.24) is 0 Å². The van der Waals surface area contributed by atoms with Crippen molar-refractivity contribution < 1.29 is 21.9 Å². The molecule has 2 atom stereocenters. The number of hydrogen-bond donors (Lipinski definition) is 2. The molecule has 0 aliphatic carbocycles. The summed E-state index contributed by atoms with van der Waals surface area (Å²) in [4.78, 5) is 3.37. The molecule has 0 saturated heterocycles. The molecular formula is C11H16BrN3. The number of anilines is 1. The first-order valence-corrected chi connectivity index (χ1v) is 4.80. The van der Waals surface area contributed by atoms with Crippen molar-refractivity contribution in [3.63, 3.8) is 0 Å². The Morgan fingerprint density at radius 1 is 1.53 bits per heavy atom. The molecule has 1 aliphatic heterocycles. The van der Waals surface area contributed by atoms with E-state index in [1.807, 2.05) is 25.3 Å². The zero-order chi connectivity index (χ0) is 10.1. The second kappa shape index (κ2) is 4.79. The number of fused-ring (bicyclic) bond motifs is 1. The molecule has 0 bridgehead atoms. The van der Waals surface area contributed by atoms with Gasteiger partial charge in [0.05, 0.1) is 0 Å². The molecule has 0 saturated carbocycles. The van der Waals surface area contributed by atoms with Crippen molar-refractivity contribution in [2.75, 3.05) is 18.5 Å². The van der Waals surface area contributed by atoms with Crippen molar-refractivity contribution in [3.8, 4) is 0 Å². The number of nitrogens with two attached hydrogens (primary N) is 1. The molecule has 1 aliphatic rings. The molecule has 3 N–H and O–H groups in total. The van der Waals surface area contributed by atoms with E-state index in [1.165, 1.54) is 16.3 Å². The Labute approximate surface area is 101 Å². The van der Waals surface area contributed by atoms with Gasteiger partial charge in [0.25, 0.3) is 0 Å². The van der Waals surface area contributed by atoms with Crippen molar-refractivity contribution in [3.05, 3.63) is 36.9 Å². The van der Waals surface area contributed by atoms with E-state index in [0.717, 1.165) is 6.54 Å². The largest absolute Gasteiger partial charge is 1.00 e. The van der Waals surface area contributed by atoms with Gasteiger partial charge in [-0.3, -0.25) is 10.6 Å². The molecule has 1 aromatic rings. The number of nitrogens with zero attached hydrogens (tertiary/aromatic N) is 1. The van der Waals surface area contributed by atoms with E-state index in [1.54, 1.807) is 0 Å². The van der Waals surface area contributed by atoms with Crippen molar-refractivity contribution in [2.24, 2.45) is 5.73 Å². The number of nitrogens with one attached hydrogen (secondary N) is 1. The van der Waals surface area contributed by atoms with Crippen LogP contribution in [0.1, 0.15) is 0 Å². The van der Waals surface area contributed by atoms with Crippen molar-refractivity contribution >= 4 is 11.4 Å². The van der Waals surface area contributed by atoms with Gasteiger partial charge in [0.2, 0.25) is 6.29 Å². The summed E-state index contributed by atoms with van der Waals surface area (Å²) in [7, 11) is 2.03. The summed E-state index contributed by atoms with van der Waals surface area (Å²) in [5, 5.41) is 0. The molecule has 0 aromatic heterocycles. The molecule has 2 unspecified atom stereocenters. The Bertz CT molecular complexity index is 353. The van der Waals surface area contributed by atoms with Crippen LogP contribution in [0.25, 0.3) is 0 Å². The molecule has 82 valence electrons. The topological polar surface area (TPSA) is 33.7 Å². The fourth-order valence-corrected chi connectivity index (χ4v) is 1.98. The summed E-state index contributed by atoms with van der Waals surface area (Å²) in [6.45, 7) is 4.63. The second-order valence-electron chi connectivity index (χ2n) is 3.59. The molecule has 4 heteroatoms. The van der Waals surface area contributed by atoms with Gasteiger partial charge >= 0.3 is 0 Å². The summed E-state index contributed by atoms with van der Waals surface area (Å²) in [5.41, 5.74) is 8.59. The lowest BCUT2D eigenvalue weighted by Crippen LogP contribution is -3.13. The highest BCUT2D eigenvalue weighted by molar-refractivity contribution is 5.65. The van der Waals surface area contributed by atoms with E-state index in [9.17, 15) is 0 Å². The molecule has 2 rings (SSSR count). The molecular weight excluding hydrogens is 254 g/mol. The van der Waals surface area contributed by atoms with Gasteiger partial charge in [0.15, 0.2) is 5.69 Å². The van der Waals surface area contributed by atoms with Crippen LogP contribution in [0.5, 0.6) is 0 Å². The summed E-state index contributed by atoms with van der Waals surface area (Å²) >= 11 is 0. The van der Waals surface area contributed by atoms with Gasteiger partial charge in [-0.25, -0.2) is 0 Å². The lowest BCUT2D eigenvalue weighted by molar-refractivity contribution is -0.846. The molecule has 3 nitrogen and oxygen atoms in total.